The minimum absolute atomic E-state index is 0.873. The lowest BCUT2D eigenvalue weighted by atomic mass is 10.1. The van der Waals surface area contributed by atoms with Gasteiger partial charge in [0.2, 0.25) is 0 Å². The van der Waals surface area contributed by atoms with Crippen LogP contribution >= 0.6 is 15.9 Å². The van der Waals surface area contributed by atoms with Gasteiger partial charge in [-0.1, -0.05) is 15.9 Å². The summed E-state index contributed by atoms with van der Waals surface area (Å²) in [7, 11) is 0. The Morgan fingerprint density at radius 3 is 2.67 bits per heavy atom. The van der Waals surface area contributed by atoms with Crippen molar-refractivity contribution in [1.82, 2.24) is 5.32 Å². The van der Waals surface area contributed by atoms with Gasteiger partial charge in [-0.15, -0.1) is 0 Å². The predicted octanol–water partition coefficient (Wildman–Crippen LogP) is 1.75. The summed E-state index contributed by atoms with van der Waals surface area (Å²) in [5.41, 5.74) is 9.24. The van der Waals surface area contributed by atoms with Gasteiger partial charge in [0, 0.05) is 30.7 Å². The second-order valence-electron chi connectivity index (χ2n) is 3.90. The van der Waals surface area contributed by atoms with Crippen molar-refractivity contribution in [1.29, 1.82) is 0 Å². The monoisotopic (exact) mass is 269 g/mol. The van der Waals surface area contributed by atoms with Gasteiger partial charge in [-0.05, 0) is 24.6 Å². The molecule has 0 unspecified atom stereocenters. The van der Waals surface area contributed by atoms with Gasteiger partial charge in [-0.25, -0.2) is 0 Å². The highest BCUT2D eigenvalue weighted by Crippen LogP contribution is 2.30. The molecule has 1 aliphatic heterocycles. The number of rotatable bonds is 1. The number of hydrogen-bond acceptors (Lipinski definition) is 3. The Labute approximate surface area is 98.8 Å². The summed E-state index contributed by atoms with van der Waals surface area (Å²) in [4.78, 5) is 2.33. The number of benzene rings is 1. The van der Waals surface area contributed by atoms with Crippen molar-refractivity contribution in [3.05, 3.63) is 22.2 Å². The Morgan fingerprint density at radius 2 is 2.00 bits per heavy atom. The summed E-state index contributed by atoms with van der Waals surface area (Å²) < 4.78 is 1.13. The van der Waals surface area contributed by atoms with Gasteiger partial charge in [0.25, 0.3) is 0 Å². The minimum atomic E-state index is 0.873. The van der Waals surface area contributed by atoms with Crippen molar-refractivity contribution in [2.75, 3.05) is 36.8 Å². The number of nitrogens with zero attached hydrogens (tertiary/aromatic N) is 1. The molecule has 0 aliphatic carbocycles. The van der Waals surface area contributed by atoms with Crippen LogP contribution < -0.4 is 16.0 Å². The molecular formula is C11H16BrN3. The van der Waals surface area contributed by atoms with E-state index in [9.17, 15) is 0 Å². The molecule has 0 bridgehead atoms. The van der Waals surface area contributed by atoms with Crippen molar-refractivity contribution in [3.63, 3.8) is 0 Å². The first-order chi connectivity index (χ1) is 7.18. The van der Waals surface area contributed by atoms with Crippen LogP contribution in [-0.4, -0.2) is 26.2 Å². The lowest BCUT2D eigenvalue weighted by Crippen LogP contribution is -2.43. The standard InChI is InChI=1S/C11H16BrN3/c1-8-6-10(13)11(7-9(8)12)15-4-2-14-3-5-15/h6-7,14H,2-5,13H2,1H3. The Balaban J connectivity index is 2.30. The molecule has 0 aromatic heterocycles. The highest BCUT2D eigenvalue weighted by atomic mass is 79.9. The van der Waals surface area contributed by atoms with E-state index < -0.39 is 0 Å². The van der Waals surface area contributed by atoms with Gasteiger partial charge < -0.3 is 16.0 Å². The average molecular weight is 270 g/mol. The summed E-state index contributed by atoms with van der Waals surface area (Å²) in [6.07, 6.45) is 0. The van der Waals surface area contributed by atoms with E-state index in [1.807, 2.05) is 6.07 Å². The number of anilines is 2. The molecule has 3 N–H and O–H groups in total. The molecule has 1 aliphatic rings. The van der Waals surface area contributed by atoms with Crippen molar-refractivity contribution in [3.8, 4) is 0 Å². The molecule has 1 heterocycles. The molecule has 1 aromatic carbocycles. The fraction of sp³-hybridized carbons (Fsp3) is 0.455. The van der Waals surface area contributed by atoms with Gasteiger partial charge >= 0.3 is 0 Å². The second kappa shape index (κ2) is 4.41. The van der Waals surface area contributed by atoms with Crippen LogP contribution in [0.3, 0.4) is 0 Å². The van der Waals surface area contributed by atoms with E-state index in [-0.39, 0.29) is 0 Å². The number of nitrogen functional groups attached to an aromatic ring is 1. The van der Waals surface area contributed by atoms with E-state index in [0.717, 1.165) is 42.0 Å². The van der Waals surface area contributed by atoms with Crippen LogP contribution in [0.1, 0.15) is 5.56 Å². The van der Waals surface area contributed by atoms with Crippen LogP contribution in [0.2, 0.25) is 0 Å². The van der Waals surface area contributed by atoms with E-state index >= 15 is 0 Å². The number of hydrogen-bond donors (Lipinski definition) is 2. The molecule has 2 rings (SSSR count). The molecule has 1 fully saturated rings. The van der Waals surface area contributed by atoms with Crippen LogP contribution in [0.5, 0.6) is 0 Å². The average Bonchev–Trinajstić information content (AvgIpc) is 2.25. The lowest BCUT2D eigenvalue weighted by molar-refractivity contribution is 0.589. The fourth-order valence-electron chi connectivity index (χ4n) is 1.87. The lowest BCUT2D eigenvalue weighted by Gasteiger charge is -2.30. The first kappa shape index (κ1) is 10.8. The number of aryl methyl sites for hydroxylation is 1. The molecule has 0 saturated carbocycles. The van der Waals surface area contributed by atoms with Crippen molar-refractivity contribution < 1.29 is 0 Å². The zero-order valence-electron chi connectivity index (χ0n) is 8.89. The number of nitrogens with one attached hydrogen (secondary N) is 1. The summed E-state index contributed by atoms with van der Waals surface area (Å²) in [5, 5.41) is 3.34. The summed E-state index contributed by atoms with van der Waals surface area (Å²) in [6, 6.07) is 4.15. The van der Waals surface area contributed by atoms with Crippen molar-refractivity contribution in [2.24, 2.45) is 0 Å². The maximum atomic E-state index is 6.04. The molecule has 1 aromatic rings. The molecule has 1 saturated heterocycles. The maximum Gasteiger partial charge on any atom is 0.0612 e. The summed E-state index contributed by atoms with van der Waals surface area (Å²) in [6.45, 7) is 6.18. The van der Waals surface area contributed by atoms with Crippen molar-refractivity contribution in [2.45, 2.75) is 6.92 Å². The molecule has 0 atom stereocenters. The largest absolute Gasteiger partial charge is 0.397 e. The van der Waals surface area contributed by atoms with E-state index in [2.05, 4.69) is 39.1 Å². The van der Waals surface area contributed by atoms with Gasteiger partial charge in [-0.2, -0.15) is 0 Å². The summed E-state index contributed by atoms with van der Waals surface area (Å²) >= 11 is 3.55. The predicted molar refractivity (Wildman–Crippen MR) is 68.4 cm³/mol. The smallest absolute Gasteiger partial charge is 0.0612 e. The van der Waals surface area contributed by atoms with Gasteiger partial charge in [0.05, 0.1) is 11.4 Å². The molecule has 3 nitrogen and oxygen atoms in total. The Kier molecular flexibility index (Phi) is 3.17. The second-order valence-corrected chi connectivity index (χ2v) is 4.75. The minimum Gasteiger partial charge on any atom is -0.397 e. The third kappa shape index (κ3) is 2.26. The van der Waals surface area contributed by atoms with Crippen LogP contribution in [-0.2, 0) is 0 Å². The van der Waals surface area contributed by atoms with E-state index in [1.165, 1.54) is 5.56 Å². The van der Waals surface area contributed by atoms with E-state index in [4.69, 9.17) is 5.73 Å². The van der Waals surface area contributed by atoms with Crippen LogP contribution in [0.4, 0.5) is 11.4 Å². The molecule has 15 heavy (non-hydrogen) atoms. The van der Waals surface area contributed by atoms with Gasteiger partial charge in [0.1, 0.15) is 0 Å². The quantitative estimate of drug-likeness (QED) is 0.764. The topological polar surface area (TPSA) is 41.3 Å². The normalized spacial score (nSPS) is 16.8. The maximum absolute atomic E-state index is 6.04. The Morgan fingerprint density at radius 1 is 1.33 bits per heavy atom. The number of halogens is 1. The number of piperazine rings is 1. The Hall–Kier alpha value is -0.740. The van der Waals surface area contributed by atoms with Crippen molar-refractivity contribution >= 4 is 27.3 Å². The number of nitrogens with two attached hydrogens (primary N) is 1. The first-order valence-electron chi connectivity index (χ1n) is 5.20. The first-order valence-corrected chi connectivity index (χ1v) is 5.99. The highest BCUT2D eigenvalue weighted by Gasteiger charge is 2.13. The zero-order chi connectivity index (χ0) is 10.8. The van der Waals surface area contributed by atoms with Crippen LogP contribution in [0, 0.1) is 6.92 Å². The molecule has 82 valence electrons. The van der Waals surface area contributed by atoms with Gasteiger partial charge in [0.15, 0.2) is 0 Å². The SMILES string of the molecule is Cc1cc(N)c(N2CCNCC2)cc1Br. The van der Waals surface area contributed by atoms with Crippen LogP contribution in [0.25, 0.3) is 0 Å². The fourth-order valence-corrected chi connectivity index (χ4v) is 2.20. The molecule has 0 radical (unpaired) electrons. The third-order valence-corrected chi connectivity index (χ3v) is 3.62. The van der Waals surface area contributed by atoms with Gasteiger partial charge in [-0.3, -0.25) is 0 Å². The molecular weight excluding hydrogens is 254 g/mol. The third-order valence-electron chi connectivity index (χ3n) is 2.77. The zero-order valence-corrected chi connectivity index (χ0v) is 10.5. The highest BCUT2D eigenvalue weighted by molar-refractivity contribution is 9.10. The molecule has 0 amide bonds. The summed E-state index contributed by atoms with van der Waals surface area (Å²) in [5.74, 6) is 0. The Bertz CT molecular complexity index is 359. The van der Waals surface area contributed by atoms with E-state index in [1.54, 1.807) is 0 Å². The molecule has 0 spiro atoms. The molecule has 4 heteroatoms. The van der Waals surface area contributed by atoms with Crippen LogP contribution in [0.15, 0.2) is 16.6 Å². The van der Waals surface area contributed by atoms with E-state index in [0.29, 0.717) is 0 Å².